The van der Waals surface area contributed by atoms with E-state index in [0.717, 1.165) is 25.3 Å². The number of aryl methyl sites for hydroxylation is 2. The fourth-order valence-corrected chi connectivity index (χ4v) is 4.34. The molecule has 1 N–H and O–H groups in total. The lowest BCUT2D eigenvalue weighted by molar-refractivity contribution is 0.331. The van der Waals surface area contributed by atoms with Crippen LogP contribution in [-0.2, 0) is 26.7 Å². The Kier molecular flexibility index (Phi) is 6.12. The Balaban J connectivity index is 1.43. The highest BCUT2D eigenvalue weighted by Gasteiger charge is 2.12. The molecule has 0 amide bonds. The maximum absolute atomic E-state index is 4.52. The van der Waals surface area contributed by atoms with E-state index in [1.807, 2.05) is 11.7 Å². The molecule has 1 fully saturated rings. The second-order valence-corrected chi connectivity index (χ2v) is 8.21. The van der Waals surface area contributed by atoms with Gasteiger partial charge in [-0.2, -0.15) is 5.10 Å². The predicted molar refractivity (Wildman–Crippen MR) is 120 cm³/mol. The molecule has 0 atom stereocenters. The lowest BCUT2D eigenvalue weighted by Gasteiger charge is -2.15. The highest BCUT2D eigenvalue weighted by molar-refractivity contribution is 5.67. The van der Waals surface area contributed by atoms with Crippen LogP contribution in [0.15, 0.2) is 48.5 Å². The number of nitrogens with zero attached hydrogens (tertiary/aromatic N) is 3. The maximum Gasteiger partial charge on any atom is 0.0641 e. The normalized spacial score (nSPS) is 14.6. The number of aromatic nitrogens is 2. The van der Waals surface area contributed by atoms with Crippen molar-refractivity contribution in [2.24, 2.45) is 7.05 Å². The smallest absolute Gasteiger partial charge is 0.0641 e. The number of hydrogen-bond donors (Lipinski definition) is 1. The van der Waals surface area contributed by atoms with Crippen LogP contribution in [0.1, 0.15) is 40.9 Å². The van der Waals surface area contributed by atoms with Crippen molar-refractivity contribution in [3.63, 3.8) is 0 Å². The van der Waals surface area contributed by atoms with Crippen LogP contribution in [0.3, 0.4) is 0 Å². The van der Waals surface area contributed by atoms with E-state index in [2.05, 4.69) is 77.7 Å². The number of likely N-dealkylation sites (tertiary alicyclic amines) is 1. The first kappa shape index (κ1) is 19.9. The first-order chi connectivity index (χ1) is 14.1. The van der Waals surface area contributed by atoms with Crippen molar-refractivity contribution in [1.82, 2.24) is 20.0 Å². The van der Waals surface area contributed by atoms with Crippen LogP contribution in [-0.4, -0.2) is 27.8 Å². The van der Waals surface area contributed by atoms with Crippen LogP contribution in [0, 0.1) is 13.8 Å². The molecule has 1 aromatic heterocycles. The average Bonchev–Trinajstić information content (AvgIpc) is 3.32. The van der Waals surface area contributed by atoms with Gasteiger partial charge >= 0.3 is 0 Å². The van der Waals surface area contributed by atoms with Gasteiger partial charge in [-0.25, -0.2) is 0 Å². The minimum absolute atomic E-state index is 0.842. The van der Waals surface area contributed by atoms with Crippen molar-refractivity contribution >= 4 is 0 Å². The van der Waals surface area contributed by atoms with Gasteiger partial charge in [-0.05, 0) is 62.0 Å². The molecule has 2 aromatic carbocycles. The van der Waals surface area contributed by atoms with Crippen LogP contribution >= 0.6 is 0 Å². The van der Waals surface area contributed by atoms with E-state index in [9.17, 15) is 0 Å². The minimum Gasteiger partial charge on any atom is -0.308 e. The lowest BCUT2D eigenvalue weighted by Crippen LogP contribution is -2.18. The summed E-state index contributed by atoms with van der Waals surface area (Å²) < 4.78 is 1.96. The molecule has 1 aliphatic heterocycles. The molecule has 0 unspecified atom stereocenters. The van der Waals surface area contributed by atoms with E-state index in [1.165, 1.54) is 59.4 Å². The van der Waals surface area contributed by atoms with Gasteiger partial charge in [0.25, 0.3) is 0 Å². The molecule has 29 heavy (non-hydrogen) atoms. The van der Waals surface area contributed by atoms with E-state index in [0.29, 0.717) is 0 Å². The average molecular weight is 389 g/mol. The molecule has 0 saturated carbocycles. The fraction of sp³-hybridized carbons (Fsp3) is 0.400. The Labute approximate surface area is 174 Å². The van der Waals surface area contributed by atoms with Gasteiger partial charge in [0.2, 0.25) is 0 Å². The molecule has 0 spiro atoms. The molecule has 4 heteroatoms. The van der Waals surface area contributed by atoms with Gasteiger partial charge in [0.05, 0.1) is 5.69 Å². The van der Waals surface area contributed by atoms with Crippen molar-refractivity contribution < 1.29 is 0 Å². The molecular formula is C25H32N4. The zero-order valence-electron chi connectivity index (χ0n) is 17.9. The van der Waals surface area contributed by atoms with Gasteiger partial charge in [-0.3, -0.25) is 9.58 Å². The standard InChI is InChI=1S/C25H32N4/c1-19-25(20(2)28(3)27-19)17-26-16-23-8-4-5-9-24(23)22-12-10-21(11-13-22)18-29-14-6-7-15-29/h4-5,8-13,26H,6-7,14-18H2,1-3H3. The Morgan fingerprint density at radius 2 is 1.66 bits per heavy atom. The Morgan fingerprint density at radius 3 is 2.34 bits per heavy atom. The predicted octanol–water partition coefficient (Wildman–Crippen LogP) is 4.59. The van der Waals surface area contributed by atoms with Crippen LogP contribution in [0.25, 0.3) is 11.1 Å². The van der Waals surface area contributed by atoms with Crippen molar-refractivity contribution in [2.75, 3.05) is 13.1 Å². The number of rotatable bonds is 7. The van der Waals surface area contributed by atoms with Gasteiger partial charge in [-0.1, -0.05) is 48.5 Å². The Bertz CT molecular complexity index is 949. The molecule has 152 valence electrons. The van der Waals surface area contributed by atoms with Crippen LogP contribution < -0.4 is 5.32 Å². The first-order valence-corrected chi connectivity index (χ1v) is 10.7. The third kappa shape index (κ3) is 4.60. The molecule has 4 rings (SSSR count). The van der Waals surface area contributed by atoms with Gasteiger partial charge < -0.3 is 5.32 Å². The molecule has 2 heterocycles. The number of benzene rings is 2. The lowest BCUT2D eigenvalue weighted by atomic mass is 9.98. The minimum atomic E-state index is 0.842. The SMILES string of the molecule is Cc1nn(C)c(C)c1CNCc1ccccc1-c1ccc(CN2CCCC2)cc1. The number of hydrogen-bond acceptors (Lipinski definition) is 3. The molecule has 3 aromatic rings. The van der Waals surface area contributed by atoms with Crippen LogP contribution in [0.4, 0.5) is 0 Å². The van der Waals surface area contributed by atoms with Crippen molar-refractivity contribution in [1.29, 1.82) is 0 Å². The van der Waals surface area contributed by atoms with E-state index >= 15 is 0 Å². The van der Waals surface area contributed by atoms with E-state index in [4.69, 9.17) is 0 Å². The Hall–Kier alpha value is -2.43. The molecule has 0 aliphatic carbocycles. The fourth-order valence-electron chi connectivity index (χ4n) is 4.34. The van der Waals surface area contributed by atoms with Gasteiger partial charge in [0.1, 0.15) is 0 Å². The van der Waals surface area contributed by atoms with E-state index in [-0.39, 0.29) is 0 Å². The first-order valence-electron chi connectivity index (χ1n) is 10.7. The zero-order chi connectivity index (χ0) is 20.2. The molecule has 0 bridgehead atoms. The van der Waals surface area contributed by atoms with Crippen LogP contribution in [0.2, 0.25) is 0 Å². The van der Waals surface area contributed by atoms with Crippen molar-refractivity contribution in [3.05, 3.63) is 76.6 Å². The third-order valence-electron chi connectivity index (χ3n) is 6.16. The molecular weight excluding hydrogens is 356 g/mol. The summed E-state index contributed by atoms with van der Waals surface area (Å²) in [5.41, 5.74) is 8.99. The van der Waals surface area contributed by atoms with Gasteiger partial charge in [0, 0.05) is 37.9 Å². The monoisotopic (exact) mass is 388 g/mol. The topological polar surface area (TPSA) is 33.1 Å². The summed E-state index contributed by atoms with van der Waals surface area (Å²) in [5, 5.41) is 8.14. The van der Waals surface area contributed by atoms with Crippen molar-refractivity contribution in [2.45, 2.75) is 46.3 Å². The summed E-state index contributed by atoms with van der Waals surface area (Å²) in [6.07, 6.45) is 2.69. The highest BCUT2D eigenvalue weighted by Crippen LogP contribution is 2.25. The summed E-state index contributed by atoms with van der Waals surface area (Å²) in [5.74, 6) is 0. The van der Waals surface area contributed by atoms with Crippen LogP contribution in [0.5, 0.6) is 0 Å². The largest absolute Gasteiger partial charge is 0.308 e. The summed E-state index contributed by atoms with van der Waals surface area (Å²) >= 11 is 0. The van der Waals surface area contributed by atoms with Gasteiger partial charge in [0.15, 0.2) is 0 Å². The summed E-state index contributed by atoms with van der Waals surface area (Å²) in [4.78, 5) is 2.55. The second kappa shape index (κ2) is 8.93. The van der Waals surface area contributed by atoms with Crippen molar-refractivity contribution in [3.8, 4) is 11.1 Å². The third-order valence-corrected chi connectivity index (χ3v) is 6.16. The molecule has 1 saturated heterocycles. The Morgan fingerprint density at radius 1 is 0.931 bits per heavy atom. The summed E-state index contributed by atoms with van der Waals surface area (Å²) in [6, 6.07) is 17.9. The second-order valence-electron chi connectivity index (χ2n) is 8.21. The molecule has 0 radical (unpaired) electrons. The van der Waals surface area contributed by atoms with Gasteiger partial charge in [-0.15, -0.1) is 0 Å². The summed E-state index contributed by atoms with van der Waals surface area (Å²) in [7, 11) is 2.01. The summed E-state index contributed by atoms with van der Waals surface area (Å²) in [6.45, 7) is 9.47. The van der Waals surface area contributed by atoms with E-state index < -0.39 is 0 Å². The zero-order valence-corrected chi connectivity index (χ0v) is 17.9. The number of nitrogens with one attached hydrogen (secondary N) is 1. The maximum atomic E-state index is 4.52. The highest BCUT2D eigenvalue weighted by atomic mass is 15.3. The molecule has 4 nitrogen and oxygen atoms in total. The van der Waals surface area contributed by atoms with E-state index in [1.54, 1.807) is 0 Å². The quantitative estimate of drug-likeness (QED) is 0.643. The molecule has 1 aliphatic rings.